The highest BCUT2D eigenvalue weighted by Gasteiger charge is 2.19. The van der Waals surface area contributed by atoms with Crippen molar-refractivity contribution in [2.45, 2.75) is 20.4 Å². The number of anilines is 1. The number of H-pyrrole nitrogens is 1. The Labute approximate surface area is 117 Å². The van der Waals surface area contributed by atoms with E-state index in [-0.39, 0.29) is 11.8 Å². The van der Waals surface area contributed by atoms with E-state index in [1.807, 2.05) is 38.1 Å². The molecule has 100 valence electrons. The molecule has 0 fully saturated rings. The lowest BCUT2D eigenvalue weighted by molar-refractivity contribution is -0.116. The first-order valence-corrected chi connectivity index (χ1v) is 6.57. The van der Waals surface area contributed by atoms with Crippen LogP contribution in [-0.2, 0) is 11.3 Å². The number of alkyl halides is 1. The number of carbonyl (C=O) groups is 1. The average molecular weight is 278 g/mol. The van der Waals surface area contributed by atoms with Gasteiger partial charge in [-0.05, 0) is 31.0 Å². The number of hydrogen-bond acceptors (Lipinski definition) is 2. The van der Waals surface area contributed by atoms with E-state index in [4.69, 9.17) is 11.6 Å². The average Bonchev–Trinajstić information content (AvgIpc) is 2.89. The van der Waals surface area contributed by atoms with E-state index < -0.39 is 0 Å². The van der Waals surface area contributed by atoms with E-state index in [0.29, 0.717) is 6.54 Å². The SMILES string of the molecule is Cc1cccc(C)c1N(Cc1ccn[nH]1)C(=O)CCl. The zero-order valence-electron chi connectivity index (χ0n) is 11.0. The van der Waals surface area contributed by atoms with E-state index in [0.717, 1.165) is 22.5 Å². The Hall–Kier alpha value is -1.81. The van der Waals surface area contributed by atoms with E-state index in [2.05, 4.69) is 10.2 Å². The molecule has 5 heteroatoms. The number of benzene rings is 1. The third-order valence-electron chi connectivity index (χ3n) is 3.01. The summed E-state index contributed by atoms with van der Waals surface area (Å²) in [6, 6.07) is 7.81. The maximum Gasteiger partial charge on any atom is 0.242 e. The number of aryl methyl sites for hydroxylation is 2. The highest BCUT2D eigenvalue weighted by Crippen LogP contribution is 2.26. The molecular formula is C14H16ClN3O. The summed E-state index contributed by atoms with van der Waals surface area (Å²) in [5.41, 5.74) is 3.90. The number of carbonyl (C=O) groups excluding carboxylic acids is 1. The van der Waals surface area contributed by atoms with E-state index in [9.17, 15) is 4.79 Å². The summed E-state index contributed by atoms with van der Waals surface area (Å²) in [6.45, 7) is 4.42. The predicted molar refractivity (Wildman–Crippen MR) is 76.4 cm³/mol. The van der Waals surface area contributed by atoms with Crippen LogP contribution in [0.1, 0.15) is 16.8 Å². The van der Waals surface area contributed by atoms with Gasteiger partial charge in [0.25, 0.3) is 0 Å². The number of hydrogen-bond donors (Lipinski definition) is 1. The first kappa shape index (κ1) is 13.6. The van der Waals surface area contributed by atoms with Crippen molar-refractivity contribution < 1.29 is 4.79 Å². The second-order valence-electron chi connectivity index (χ2n) is 4.44. The Morgan fingerprint density at radius 2 is 2.00 bits per heavy atom. The summed E-state index contributed by atoms with van der Waals surface area (Å²) >= 11 is 5.72. The van der Waals surface area contributed by atoms with Crippen molar-refractivity contribution in [3.63, 3.8) is 0 Å². The van der Waals surface area contributed by atoms with Crippen LogP contribution in [0.5, 0.6) is 0 Å². The van der Waals surface area contributed by atoms with Crippen LogP contribution in [0.4, 0.5) is 5.69 Å². The maximum absolute atomic E-state index is 12.1. The fourth-order valence-corrected chi connectivity index (χ4v) is 2.28. The summed E-state index contributed by atoms with van der Waals surface area (Å²) in [6.07, 6.45) is 1.67. The summed E-state index contributed by atoms with van der Waals surface area (Å²) in [7, 11) is 0. The van der Waals surface area contributed by atoms with Crippen molar-refractivity contribution in [3.8, 4) is 0 Å². The largest absolute Gasteiger partial charge is 0.305 e. The molecule has 0 bridgehead atoms. The molecule has 0 atom stereocenters. The number of aromatic nitrogens is 2. The van der Waals surface area contributed by atoms with Crippen LogP contribution in [0, 0.1) is 13.8 Å². The Kier molecular flexibility index (Phi) is 4.22. The quantitative estimate of drug-likeness (QED) is 0.874. The molecular weight excluding hydrogens is 262 g/mol. The molecule has 1 aromatic heterocycles. The van der Waals surface area contributed by atoms with Gasteiger partial charge < -0.3 is 4.90 Å². The normalized spacial score (nSPS) is 10.5. The van der Waals surface area contributed by atoms with Gasteiger partial charge in [-0.1, -0.05) is 18.2 Å². The van der Waals surface area contributed by atoms with Crippen molar-refractivity contribution >= 4 is 23.2 Å². The molecule has 0 saturated heterocycles. The third kappa shape index (κ3) is 2.96. The van der Waals surface area contributed by atoms with Gasteiger partial charge in [-0.2, -0.15) is 5.10 Å². The van der Waals surface area contributed by atoms with Crippen LogP contribution in [0.15, 0.2) is 30.5 Å². The van der Waals surface area contributed by atoms with Crippen LogP contribution < -0.4 is 4.90 Å². The molecule has 1 N–H and O–H groups in total. The van der Waals surface area contributed by atoms with Gasteiger partial charge >= 0.3 is 0 Å². The number of para-hydroxylation sites is 1. The number of aromatic amines is 1. The Morgan fingerprint density at radius 3 is 2.53 bits per heavy atom. The monoisotopic (exact) mass is 277 g/mol. The van der Waals surface area contributed by atoms with Crippen LogP contribution in [0.2, 0.25) is 0 Å². The van der Waals surface area contributed by atoms with E-state index >= 15 is 0 Å². The number of halogens is 1. The predicted octanol–water partition coefficient (Wildman–Crippen LogP) is 2.80. The molecule has 1 aromatic carbocycles. The Balaban J connectivity index is 2.40. The molecule has 19 heavy (non-hydrogen) atoms. The first-order valence-electron chi connectivity index (χ1n) is 6.04. The minimum atomic E-state index is -0.117. The lowest BCUT2D eigenvalue weighted by atomic mass is 10.1. The van der Waals surface area contributed by atoms with Crippen LogP contribution >= 0.6 is 11.6 Å². The van der Waals surface area contributed by atoms with E-state index in [1.165, 1.54) is 0 Å². The van der Waals surface area contributed by atoms with Gasteiger partial charge in [0.15, 0.2) is 0 Å². The second kappa shape index (κ2) is 5.89. The molecule has 0 saturated carbocycles. The molecule has 0 radical (unpaired) electrons. The third-order valence-corrected chi connectivity index (χ3v) is 3.24. The van der Waals surface area contributed by atoms with Gasteiger partial charge in [0.1, 0.15) is 5.88 Å². The number of amides is 1. The van der Waals surface area contributed by atoms with Gasteiger partial charge in [-0.15, -0.1) is 11.6 Å². The van der Waals surface area contributed by atoms with Gasteiger partial charge in [-0.3, -0.25) is 9.89 Å². The fraction of sp³-hybridized carbons (Fsp3) is 0.286. The highest BCUT2D eigenvalue weighted by molar-refractivity contribution is 6.29. The van der Waals surface area contributed by atoms with Crippen molar-refractivity contribution in [1.29, 1.82) is 0 Å². The minimum absolute atomic E-state index is 0.0398. The molecule has 0 aliphatic carbocycles. The number of nitrogens with one attached hydrogen (secondary N) is 1. The van der Waals surface area contributed by atoms with Crippen LogP contribution in [-0.4, -0.2) is 22.0 Å². The molecule has 4 nitrogen and oxygen atoms in total. The standard InChI is InChI=1S/C14H16ClN3O/c1-10-4-3-5-11(2)14(10)18(13(19)8-15)9-12-6-7-16-17-12/h3-7H,8-9H2,1-2H3,(H,16,17). The van der Waals surface area contributed by atoms with Crippen molar-refractivity contribution in [2.24, 2.45) is 0 Å². The lowest BCUT2D eigenvalue weighted by Crippen LogP contribution is -2.32. The molecule has 1 amide bonds. The Morgan fingerprint density at radius 1 is 1.32 bits per heavy atom. The van der Waals surface area contributed by atoms with Gasteiger partial charge in [-0.25, -0.2) is 0 Å². The number of nitrogens with zero attached hydrogens (tertiary/aromatic N) is 2. The maximum atomic E-state index is 12.1. The molecule has 0 unspecified atom stereocenters. The smallest absolute Gasteiger partial charge is 0.242 e. The molecule has 1 heterocycles. The summed E-state index contributed by atoms with van der Waals surface area (Å²) in [5, 5.41) is 6.77. The van der Waals surface area contributed by atoms with Crippen LogP contribution in [0.3, 0.4) is 0 Å². The van der Waals surface area contributed by atoms with Crippen LogP contribution in [0.25, 0.3) is 0 Å². The van der Waals surface area contributed by atoms with Gasteiger partial charge in [0, 0.05) is 11.9 Å². The number of rotatable bonds is 4. The zero-order chi connectivity index (χ0) is 13.8. The molecule has 0 aliphatic heterocycles. The van der Waals surface area contributed by atoms with Crippen molar-refractivity contribution in [2.75, 3.05) is 10.8 Å². The summed E-state index contributed by atoms with van der Waals surface area (Å²) in [4.78, 5) is 13.8. The first-order chi connectivity index (χ1) is 9.13. The van der Waals surface area contributed by atoms with Crippen molar-refractivity contribution in [1.82, 2.24) is 10.2 Å². The molecule has 2 aromatic rings. The zero-order valence-corrected chi connectivity index (χ0v) is 11.7. The summed E-state index contributed by atoms with van der Waals surface area (Å²) in [5.74, 6) is -0.157. The molecule has 2 rings (SSSR count). The van der Waals surface area contributed by atoms with Crippen molar-refractivity contribution in [3.05, 3.63) is 47.3 Å². The summed E-state index contributed by atoms with van der Waals surface area (Å²) < 4.78 is 0. The molecule has 0 spiro atoms. The van der Waals surface area contributed by atoms with E-state index in [1.54, 1.807) is 11.1 Å². The minimum Gasteiger partial charge on any atom is -0.305 e. The topological polar surface area (TPSA) is 49.0 Å². The highest BCUT2D eigenvalue weighted by atomic mass is 35.5. The lowest BCUT2D eigenvalue weighted by Gasteiger charge is -2.25. The fourth-order valence-electron chi connectivity index (χ4n) is 2.14. The van der Waals surface area contributed by atoms with Gasteiger partial charge in [0.2, 0.25) is 5.91 Å². The second-order valence-corrected chi connectivity index (χ2v) is 4.70. The molecule has 0 aliphatic rings. The Bertz CT molecular complexity index is 546. The van der Waals surface area contributed by atoms with Gasteiger partial charge in [0.05, 0.1) is 12.2 Å².